The summed E-state index contributed by atoms with van der Waals surface area (Å²) in [6.07, 6.45) is 0. The molecular formula is C16H14ClNO. The van der Waals surface area contributed by atoms with E-state index >= 15 is 0 Å². The van der Waals surface area contributed by atoms with Crippen molar-refractivity contribution in [2.24, 2.45) is 5.73 Å². The molecule has 0 bridgehead atoms. The van der Waals surface area contributed by atoms with Crippen LogP contribution in [0.3, 0.4) is 0 Å². The highest BCUT2D eigenvalue weighted by Gasteiger charge is 2.01. The lowest BCUT2D eigenvalue weighted by atomic mass is 10.2. The summed E-state index contributed by atoms with van der Waals surface area (Å²) in [7, 11) is 0. The molecule has 0 unspecified atom stereocenters. The van der Waals surface area contributed by atoms with Gasteiger partial charge in [0.2, 0.25) is 0 Å². The first-order chi connectivity index (χ1) is 9.29. The van der Waals surface area contributed by atoms with Crippen LogP contribution in [-0.4, -0.2) is 6.54 Å². The zero-order chi connectivity index (χ0) is 13.5. The van der Waals surface area contributed by atoms with Crippen molar-refractivity contribution in [2.75, 3.05) is 6.54 Å². The number of ether oxygens (including phenoxy) is 1. The predicted molar refractivity (Wildman–Crippen MR) is 78.2 cm³/mol. The van der Waals surface area contributed by atoms with Gasteiger partial charge in [0.1, 0.15) is 12.4 Å². The molecule has 0 aliphatic heterocycles. The monoisotopic (exact) mass is 271 g/mol. The fraction of sp³-hybridized carbons (Fsp3) is 0.125. The lowest BCUT2D eigenvalue weighted by Crippen LogP contribution is -1.98. The van der Waals surface area contributed by atoms with Gasteiger partial charge in [-0.1, -0.05) is 47.7 Å². The lowest BCUT2D eigenvalue weighted by Gasteiger charge is -2.08. The van der Waals surface area contributed by atoms with Crippen LogP contribution < -0.4 is 10.5 Å². The summed E-state index contributed by atoms with van der Waals surface area (Å²) in [6.45, 7) is 0.796. The Bertz CT molecular complexity index is 613. The van der Waals surface area contributed by atoms with Crippen molar-refractivity contribution in [2.45, 2.75) is 6.61 Å². The number of benzene rings is 2. The highest BCUT2D eigenvalue weighted by molar-refractivity contribution is 6.30. The fourth-order valence-corrected chi connectivity index (χ4v) is 1.84. The first kappa shape index (κ1) is 13.5. The van der Waals surface area contributed by atoms with Crippen LogP contribution in [0.2, 0.25) is 5.02 Å². The number of halogens is 1. The predicted octanol–water partition coefficient (Wildman–Crippen LogP) is 3.23. The summed E-state index contributed by atoms with van der Waals surface area (Å²) in [6, 6.07) is 15.2. The number of rotatable bonds is 3. The Morgan fingerprint density at radius 1 is 1.11 bits per heavy atom. The maximum atomic E-state index is 5.93. The van der Waals surface area contributed by atoms with E-state index in [0.717, 1.165) is 16.9 Å². The van der Waals surface area contributed by atoms with E-state index in [0.29, 0.717) is 18.2 Å². The van der Waals surface area contributed by atoms with E-state index in [1.54, 1.807) is 0 Å². The summed E-state index contributed by atoms with van der Waals surface area (Å²) < 4.78 is 5.77. The summed E-state index contributed by atoms with van der Waals surface area (Å²) in [5.74, 6) is 6.58. The Kier molecular flexibility index (Phi) is 4.85. The van der Waals surface area contributed by atoms with E-state index in [-0.39, 0.29) is 0 Å². The van der Waals surface area contributed by atoms with Gasteiger partial charge >= 0.3 is 0 Å². The van der Waals surface area contributed by atoms with Gasteiger partial charge in [0, 0.05) is 5.02 Å². The maximum Gasteiger partial charge on any atom is 0.135 e. The van der Waals surface area contributed by atoms with Crippen molar-refractivity contribution < 1.29 is 4.74 Å². The van der Waals surface area contributed by atoms with Gasteiger partial charge in [-0.2, -0.15) is 0 Å². The van der Waals surface area contributed by atoms with E-state index in [2.05, 4.69) is 11.8 Å². The van der Waals surface area contributed by atoms with Crippen LogP contribution in [0.1, 0.15) is 11.1 Å². The molecule has 0 aliphatic carbocycles. The Morgan fingerprint density at radius 3 is 2.74 bits per heavy atom. The van der Waals surface area contributed by atoms with Crippen molar-refractivity contribution in [1.29, 1.82) is 0 Å². The molecule has 0 heterocycles. The first-order valence-corrected chi connectivity index (χ1v) is 6.32. The molecule has 0 atom stereocenters. The summed E-state index contributed by atoms with van der Waals surface area (Å²) >= 11 is 5.93. The second-order valence-electron chi connectivity index (χ2n) is 3.92. The van der Waals surface area contributed by atoms with E-state index in [1.807, 2.05) is 48.5 Å². The van der Waals surface area contributed by atoms with E-state index in [1.165, 1.54) is 0 Å². The number of hydrogen-bond acceptors (Lipinski definition) is 2. The molecule has 2 aromatic rings. The molecule has 2 aromatic carbocycles. The quantitative estimate of drug-likeness (QED) is 0.870. The van der Waals surface area contributed by atoms with Crippen LogP contribution in [0.15, 0.2) is 48.5 Å². The number of para-hydroxylation sites is 1. The standard InChI is InChI=1S/C16H14ClNO/c17-15-8-3-5-13(11-15)12-19-16-9-2-1-6-14(16)7-4-10-18/h1-3,5-6,8-9,11H,10,12,18H2. The van der Waals surface area contributed by atoms with Crippen LogP contribution >= 0.6 is 11.6 Å². The van der Waals surface area contributed by atoms with Gasteiger partial charge in [-0.15, -0.1) is 0 Å². The van der Waals surface area contributed by atoms with E-state index in [4.69, 9.17) is 22.1 Å². The van der Waals surface area contributed by atoms with E-state index < -0.39 is 0 Å². The number of hydrogen-bond donors (Lipinski definition) is 1. The molecular weight excluding hydrogens is 258 g/mol. The normalized spacial score (nSPS) is 9.58. The smallest absolute Gasteiger partial charge is 0.135 e. The van der Waals surface area contributed by atoms with Crippen molar-refractivity contribution >= 4 is 11.6 Å². The maximum absolute atomic E-state index is 5.93. The molecule has 0 aliphatic rings. The molecule has 0 amide bonds. The second-order valence-corrected chi connectivity index (χ2v) is 4.36. The molecule has 2 nitrogen and oxygen atoms in total. The van der Waals surface area contributed by atoms with Crippen molar-refractivity contribution in [1.82, 2.24) is 0 Å². The van der Waals surface area contributed by atoms with Gasteiger partial charge in [0.25, 0.3) is 0 Å². The Morgan fingerprint density at radius 2 is 1.95 bits per heavy atom. The molecule has 0 aromatic heterocycles. The highest BCUT2D eigenvalue weighted by atomic mass is 35.5. The van der Waals surface area contributed by atoms with E-state index in [9.17, 15) is 0 Å². The molecule has 0 spiro atoms. The zero-order valence-electron chi connectivity index (χ0n) is 10.4. The SMILES string of the molecule is NCC#Cc1ccccc1OCc1cccc(Cl)c1. The lowest BCUT2D eigenvalue weighted by molar-refractivity contribution is 0.305. The van der Waals surface area contributed by atoms with Gasteiger partial charge in [0.15, 0.2) is 0 Å². The molecule has 0 saturated carbocycles. The van der Waals surface area contributed by atoms with Gasteiger partial charge < -0.3 is 10.5 Å². The molecule has 0 radical (unpaired) electrons. The van der Waals surface area contributed by atoms with Crippen LogP contribution in [0.5, 0.6) is 5.75 Å². The average molecular weight is 272 g/mol. The summed E-state index contributed by atoms with van der Waals surface area (Å²) in [5.41, 5.74) is 7.24. The van der Waals surface area contributed by atoms with Gasteiger partial charge in [-0.05, 0) is 29.8 Å². The van der Waals surface area contributed by atoms with Gasteiger partial charge in [-0.3, -0.25) is 0 Å². The average Bonchev–Trinajstić information content (AvgIpc) is 2.44. The van der Waals surface area contributed by atoms with Gasteiger partial charge in [0.05, 0.1) is 12.1 Å². The summed E-state index contributed by atoms with van der Waals surface area (Å²) in [4.78, 5) is 0. The Hall–Kier alpha value is -1.95. The van der Waals surface area contributed by atoms with Crippen LogP contribution in [0, 0.1) is 11.8 Å². The van der Waals surface area contributed by atoms with Crippen LogP contribution in [0.25, 0.3) is 0 Å². The number of nitrogens with two attached hydrogens (primary N) is 1. The molecule has 96 valence electrons. The fourth-order valence-electron chi connectivity index (χ4n) is 1.63. The minimum atomic E-state index is 0.336. The minimum Gasteiger partial charge on any atom is -0.488 e. The highest BCUT2D eigenvalue weighted by Crippen LogP contribution is 2.19. The Balaban J connectivity index is 2.11. The third-order valence-corrected chi connectivity index (χ3v) is 2.73. The van der Waals surface area contributed by atoms with Crippen LogP contribution in [0.4, 0.5) is 0 Å². The molecule has 2 N–H and O–H groups in total. The van der Waals surface area contributed by atoms with Crippen molar-refractivity contribution in [3.8, 4) is 17.6 Å². The molecule has 0 fully saturated rings. The largest absolute Gasteiger partial charge is 0.488 e. The first-order valence-electron chi connectivity index (χ1n) is 5.95. The van der Waals surface area contributed by atoms with Crippen molar-refractivity contribution in [3.05, 3.63) is 64.7 Å². The third kappa shape index (κ3) is 4.03. The van der Waals surface area contributed by atoms with Crippen molar-refractivity contribution in [3.63, 3.8) is 0 Å². The molecule has 2 rings (SSSR count). The summed E-state index contributed by atoms with van der Waals surface area (Å²) in [5, 5.41) is 0.706. The second kappa shape index (κ2) is 6.84. The Labute approximate surface area is 118 Å². The molecule has 3 heteroatoms. The molecule has 0 saturated heterocycles. The minimum absolute atomic E-state index is 0.336. The molecule has 19 heavy (non-hydrogen) atoms. The third-order valence-electron chi connectivity index (χ3n) is 2.50. The van der Waals surface area contributed by atoms with Gasteiger partial charge in [-0.25, -0.2) is 0 Å². The zero-order valence-corrected chi connectivity index (χ0v) is 11.2. The topological polar surface area (TPSA) is 35.2 Å². The van der Waals surface area contributed by atoms with Crippen LogP contribution in [-0.2, 0) is 6.61 Å².